The standard InChI is InChI=1S/C13H17FN2O4/c1-3-20-12-7-11(13(12)19-2)15-10-6-8(16(17)18)4-5-9(10)14/h4-6,11-13,15H,3,7H2,1-2H3. The highest BCUT2D eigenvalue weighted by molar-refractivity contribution is 5.53. The molecule has 7 heteroatoms. The van der Waals surface area contributed by atoms with Crippen LogP contribution in [0.15, 0.2) is 18.2 Å². The lowest BCUT2D eigenvalue weighted by Gasteiger charge is -2.43. The average molecular weight is 284 g/mol. The summed E-state index contributed by atoms with van der Waals surface area (Å²) in [4.78, 5) is 10.1. The molecule has 2 rings (SSSR count). The van der Waals surface area contributed by atoms with E-state index < -0.39 is 10.7 Å². The van der Waals surface area contributed by atoms with Crippen LogP contribution in [0.4, 0.5) is 15.8 Å². The molecule has 0 aromatic heterocycles. The zero-order valence-corrected chi connectivity index (χ0v) is 11.3. The zero-order chi connectivity index (χ0) is 14.7. The number of rotatable bonds is 6. The molecule has 1 N–H and O–H groups in total. The van der Waals surface area contributed by atoms with Gasteiger partial charge in [0.1, 0.15) is 11.9 Å². The number of nitro groups is 1. The van der Waals surface area contributed by atoms with Crippen molar-refractivity contribution in [1.29, 1.82) is 0 Å². The van der Waals surface area contributed by atoms with Gasteiger partial charge in [0, 0.05) is 25.8 Å². The van der Waals surface area contributed by atoms with Crippen LogP contribution in [0.5, 0.6) is 0 Å². The number of benzene rings is 1. The molecule has 1 aromatic carbocycles. The van der Waals surface area contributed by atoms with Crippen LogP contribution in [0, 0.1) is 15.9 Å². The van der Waals surface area contributed by atoms with Crippen LogP contribution in [-0.2, 0) is 9.47 Å². The first-order valence-corrected chi connectivity index (χ1v) is 6.41. The molecular formula is C13H17FN2O4. The van der Waals surface area contributed by atoms with E-state index in [9.17, 15) is 14.5 Å². The van der Waals surface area contributed by atoms with Crippen molar-refractivity contribution in [3.8, 4) is 0 Å². The number of nitrogens with zero attached hydrogens (tertiary/aromatic N) is 1. The summed E-state index contributed by atoms with van der Waals surface area (Å²) in [6.45, 7) is 2.48. The number of ether oxygens (including phenoxy) is 2. The molecule has 1 aliphatic rings. The van der Waals surface area contributed by atoms with E-state index in [1.807, 2.05) is 6.92 Å². The van der Waals surface area contributed by atoms with Crippen LogP contribution in [0.1, 0.15) is 13.3 Å². The second-order valence-corrected chi connectivity index (χ2v) is 4.60. The summed E-state index contributed by atoms with van der Waals surface area (Å²) in [6, 6.07) is 3.29. The third kappa shape index (κ3) is 2.88. The van der Waals surface area contributed by atoms with Gasteiger partial charge in [-0.25, -0.2) is 4.39 Å². The van der Waals surface area contributed by atoms with Crippen LogP contribution in [0.3, 0.4) is 0 Å². The molecule has 0 spiro atoms. The Labute approximate surface area is 116 Å². The fraction of sp³-hybridized carbons (Fsp3) is 0.538. The second kappa shape index (κ2) is 6.15. The van der Waals surface area contributed by atoms with E-state index in [1.165, 1.54) is 6.07 Å². The minimum Gasteiger partial charge on any atom is -0.377 e. The molecule has 0 aliphatic heterocycles. The van der Waals surface area contributed by atoms with Crippen LogP contribution in [0.2, 0.25) is 0 Å². The van der Waals surface area contributed by atoms with Crippen molar-refractivity contribution in [2.75, 3.05) is 19.0 Å². The second-order valence-electron chi connectivity index (χ2n) is 4.60. The number of anilines is 1. The molecule has 110 valence electrons. The maximum atomic E-state index is 13.7. The van der Waals surface area contributed by atoms with Crippen LogP contribution >= 0.6 is 0 Å². The maximum Gasteiger partial charge on any atom is 0.271 e. The minimum atomic E-state index is -0.553. The lowest BCUT2D eigenvalue weighted by Crippen LogP contribution is -2.56. The Morgan fingerprint density at radius 2 is 2.30 bits per heavy atom. The highest BCUT2D eigenvalue weighted by Gasteiger charge is 2.42. The van der Waals surface area contributed by atoms with Gasteiger partial charge in [-0.1, -0.05) is 0 Å². The van der Waals surface area contributed by atoms with Crippen molar-refractivity contribution in [3.63, 3.8) is 0 Å². The van der Waals surface area contributed by atoms with Crippen LogP contribution < -0.4 is 5.32 Å². The monoisotopic (exact) mass is 284 g/mol. The molecule has 1 aliphatic carbocycles. The third-order valence-corrected chi connectivity index (χ3v) is 3.40. The SMILES string of the molecule is CCOC1CC(Nc2cc([N+](=O)[O-])ccc2F)C1OC. The predicted octanol–water partition coefficient (Wildman–Crippen LogP) is 2.34. The van der Waals surface area contributed by atoms with Gasteiger partial charge in [0.05, 0.1) is 22.8 Å². The zero-order valence-electron chi connectivity index (χ0n) is 11.3. The third-order valence-electron chi connectivity index (χ3n) is 3.40. The Bertz CT molecular complexity index is 497. The van der Waals surface area contributed by atoms with Crippen molar-refractivity contribution < 1.29 is 18.8 Å². The number of nitro benzene ring substituents is 1. The topological polar surface area (TPSA) is 73.6 Å². The molecule has 0 heterocycles. The van der Waals surface area contributed by atoms with Gasteiger partial charge in [-0.15, -0.1) is 0 Å². The number of halogens is 1. The van der Waals surface area contributed by atoms with Crippen molar-refractivity contribution in [1.82, 2.24) is 0 Å². The maximum absolute atomic E-state index is 13.7. The van der Waals surface area contributed by atoms with E-state index >= 15 is 0 Å². The van der Waals surface area contributed by atoms with Crippen molar-refractivity contribution in [2.45, 2.75) is 31.6 Å². The van der Waals surface area contributed by atoms with Crippen molar-refractivity contribution >= 4 is 11.4 Å². The van der Waals surface area contributed by atoms with E-state index in [4.69, 9.17) is 9.47 Å². The van der Waals surface area contributed by atoms with Crippen molar-refractivity contribution in [2.24, 2.45) is 0 Å². The Morgan fingerprint density at radius 1 is 1.55 bits per heavy atom. The fourth-order valence-electron chi connectivity index (χ4n) is 2.35. The largest absolute Gasteiger partial charge is 0.377 e. The highest BCUT2D eigenvalue weighted by atomic mass is 19.1. The number of non-ortho nitro benzene ring substituents is 1. The van der Waals surface area contributed by atoms with E-state index in [0.29, 0.717) is 13.0 Å². The Kier molecular flexibility index (Phi) is 4.51. The molecule has 0 amide bonds. The molecular weight excluding hydrogens is 267 g/mol. The summed E-state index contributed by atoms with van der Waals surface area (Å²) in [5.74, 6) is -0.523. The molecule has 20 heavy (non-hydrogen) atoms. The lowest BCUT2D eigenvalue weighted by molar-refractivity contribution is -0.384. The van der Waals surface area contributed by atoms with Gasteiger partial charge in [-0.3, -0.25) is 10.1 Å². The Balaban J connectivity index is 2.07. The van der Waals surface area contributed by atoms with Gasteiger partial charge >= 0.3 is 0 Å². The Hall–Kier alpha value is -1.73. The summed E-state index contributed by atoms with van der Waals surface area (Å²) < 4.78 is 24.5. The molecule has 1 saturated carbocycles. The highest BCUT2D eigenvalue weighted by Crippen LogP contribution is 2.31. The lowest BCUT2D eigenvalue weighted by atomic mass is 9.85. The Morgan fingerprint density at radius 3 is 2.90 bits per heavy atom. The molecule has 1 fully saturated rings. The molecule has 0 radical (unpaired) electrons. The van der Waals surface area contributed by atoms with E-state index in [0.717, 1.165) is 12.1 Å². The van der Waals surface area contributed by atoms with E-state index in [-0.39, 0.29) is 29.6 Å². The van der Waals surface area contributed by atoms with Gasteiger partial charge in [0.25, 0.3) is 5.69 Å². The quantitative estimate of drug-likeness (QED) is 0.641. The number of methoxy groups -OCH3 is 1. The first-order chi connectivity index (χ1) is 9.56. The fourth-order valence-corrected chi connectivity index (χ4v) is 2.35. The molecule has 0 bridgehead atoms. The molecule has 3 atom stereocenters. The van der Waals surface area contributed by atoms with Gasteiger partial charge in [-0.05, 0) is 19.4 Å². The summed E-state index contributed by atoms with van der Waals surface area (Å²) in [6.07, 6.45) is 0.465. The first-order valence-electron chi connectivity index (χ1n) is 6.41. The molecule has 0 saturated heterocycles. The van der Waals surface area contributed by atoms with Gasteiger partial charge in [0.2, 0.25) is 0 Å². The van der Waals surface area contributed by atoms with Crippen LogP contribution in [0.25, 0.3) is 0 Å². The molecule has 6 nitrogen and oxygen atoms in total. The number of nitrogens with one attached hydrogen (secondary N) is 1. The summed E-state index contributed by atoms with van der Waals surface area (Å²) in [5, 5.41) is 13.6. The van der Waals surface area contributed by atoms with E-state index in [2.05, 4.69) is 5.32 Å². The summed E-state index contributed by atoms with van der Waals surface area (Å²) >= 11 is 0. The minimum absolute atomic E-state index is 0.0238. The smallest absolute Gasteiger partial charge is 0.271 e. The van der Waals surface area contributed by atoms with Gasteiger partial charge in [-0.2, -0.15) is 0 Å². The van der Waals surface area contributed by atoms with Gasteiger partial charge in [0.15, 0.2) is 0 Å². The van der Waals surface area contributed by atoms with Crippen LogP contribution in [-0.4, -0.2) is 36.9 Å². The summed E-state index contributed by atoms with van der Waals surface area (Å²) in [5.41, 5.74) is -0.0373. The van der Waals surface area contributed by atoms with Gasteiger partial charge < -0.3 is 14.8 Å². The summed E-state index contributed by atoms with van der Waals surface area (Å²) in [7, 11) is 1.56. The average Bonchev–Trinajstić information content (AvgIpc) is 2.39. The first kappa shape index (κ1) is 14.7. The number of hydrogen-bond donors (Lipinski definition) is 1. The number of hydrogen-bond acceptors (Lipinski definition) is 5. The molecule has 1 aromatic rings. The molecule has 3 unspecified atom stereocenters. The van der Waals surface area contributed by atoms with Crippen molar-refractivity contribution in [3.05, 3.63) is 34.1 Å². The predicted molar refractivity (Wildman–Crippen MR) is 71.3 cm³/mol. The normalized spacial score (nSPS) is 25.1. The van der Waals surface area contributed by atoms with E-state index in [1.54, 1.807) is 7.11 Å².